The molecule has 6 aromatic rings. The molecule has 3 aromatic heterocycles. The second-order valence-electron chi connectivity index (χ2n) is 9.93. The Morgan fingerprint density at radius 1 is 0.907 bits per heavy atom. The normalized spacial score (nSPS) is 13.3. The van der Waals surface area contributed by atoms with E-state index in [0.717, 1.165) is 57.7 Å². The number of imidazole rings is 1. The summed E-state index contributed by atoms with van der Waals surface area (Å²) in [6.45, 7) is 3.28. The Morgan fingerprint density at radius 3 is 2.53 bits per heavy atom. The van der Waals surface area contributed by atoms with Gasteiger partial charge in [-0.05, 0) is 70.5 Å². The number of ether oxygens (including phenoxy) is 1. The molecule has 11 heteroatoms. The Labute approximate surface area is 260 Å². The second-order valence-corrected chi connectivity index (χ2v) is 12.3. The van der Waals surface area contributed by atoms with Crippen LogP contribution in [0.1, 0.15) is 10.4 Å². The molecule has 9 nitrogen and oxygen atoms in total. The number of thiazole rings is 1. The van der Waals surface area contributed by atoms with Crippen molar-refractivity contribution in [3.05, 3.63) is 107 Å². The summed E-state index contributed by atoms with van der Waals surface area (Å²) < 4.78 is 8.46. The third kappa shape index (κ3) is 5.87. The van der Waals surface area contributed by atoms with Gasteiger partial charge in [0.25, 0.3) is 5.91 Å². The van der Waals surface area contributed by atoms with Gasteiger partial charge in [0.15, 0.2) is 4.96 Å². The number of anilines is 4. The third-order valence-electron chi connectivity index (χ3n) is 7.13. The summed E-state index contributed by atoms with van der Waals surface area (Å²) in [6, 6.07) is 27.0. The highest BCUT2D eigenvalue weighted by atomic mass is 79.9. The fourth-order valence-electron chi connectivity index (χ4n) is 5.06. The average Bonchev–Trinajstić information content (AvgIpc) is 3.58. The van der Waals surface area contributed by atoms with Crippen molar-refractivity contribution in [3.63, 3.8) is 0 Å². The van der Waals surface area contributed by atoms with E-state index < -0.39 is 0 Å². The number of nitrogens with one attached hydrogen (secondary N) is 2. The van der Waals surface area contributed by atoms with Gasteiger partial charge in [-0.1, -0.05) is 41.7 Å². The summed E-state index contributed by atoms with van der Waals surface area (Å²) in [5.41, 5.74) is 6.51. The van der Waals surface area contributed by atoms with Crippen molar-refractivity contribution < 1.29 is 9.53 Å². The zero-order chi connectivity index (χ0) is 29.2. The number of carbonyl (C=O) groups is 1. The van der Waals surface area contributed by atoms with Crippen molar-refractivity contribution in [1.82, 2.24) is 19.4 Å². The van der Waals surface area contributed by atoms with Gasteiger partial charge < -0.3 is 20.3 Å². The van der Waals surface area contributed by atoms with E-state index in [2.05, 4.69) is 48.6 Å². The van der Waals surface area contributed by atoms with Crippen molar-refractivity contribution in [1.29, 1.82) is 0 Å². The lowest BCUT2D eigenvalue weighted by Gasteiger charge is -2.28. The van der Waals surface area contributed by atoms with E-state index in [1.54, 1.807) is 18.3 Å². The molecule has 1 amide bonds. The predicted octanol–water partition coefficient (Wildman–Crippen LogP) is 7.11. The third-order valence-corrected chi connectivity index (χ3v) is 8.59. The number of hydrogen-bond donors (Lipinski definition) is 2. The van der Waals surface area contributed by atoms with Gasteiger partial charge in [-0.3, -0.25) is 9.20 Å². The number of amides is 1. The summed E-state index contributed by atoms with van der Waals surface area (Å²) in [4.78, 5) is 30.3. The first kappa shape index (κ1) is 27.3. The maximum atomic E-state index is 12.8. The van der Waals surface area contributed by atoms with E-state index in [4.69, 9.17) is 14.7 Å². The fourth-order valence-corrected chi connectivity index (χ4v) is 6.41. The first-order valence-electron chi connectivity index (χ1n) is 13.8. The van der Waals surface area contributed by atoms with Crippen molar-refractivity contribution in [2.45, 2.75) is 0 Å². The van der Waals surface area contributed by atoms with Crippen LogP contribution in [0, 0.1) is 0 Å². The summed E-state index contributed by atoms with van der Waals surface area (Å²) in [6.07, 6.45) is 3.74. The minimum Gasteiger partial charge on any atom is -0.378 e. The second kappa shape index (κ2) is 12.0. The number of fused-ring (bicyclic) bond motifs is 1. The summed E-state index contributed by atoms with van der Waals surface area (Å²) in [7, 11) is 0. The largest absolute Gasteiger partial charge is 0.378 e. The molecule has 7 rings (SSSR count). The number of morpholine rings is 1. The zero-order valence-electron chi connectivity index (χ0n) is 22.9. The molecule has 2 N–H and O–H groups in total. The predicted molar refractivity (Wildman–Crippen MR) is 174 cm³/mol. The molecule has 0 saturated carbocycles. The van der Waals surface area contributed by atoms with Gasteiger partial charge in [-0.25, -0.2) is 15.0 Å². The van der Waals surface area contributed by atoms with E-state index in [0.29, 0.717) is 22.9 Å². The van der Waals surface area contributed by atoms with E-state index in [1.807, 2.05) is 71.3 Å². The van der Waals surface area contributed by atoms with Crippen LogP contribution in [0.5, 0.6) is 0 Å². The summed E-state index contributed by atoms with van der Waals surface area (Å²) in [5.74, 6) is 0.313. The number of aromatic nitrogens is 4. The number of halogens is 1. The maximum absolute atomic E-state index is 12.8. The van der Waals surface area contributed by atoms with Crippen LogP contribution in [0.3, 0.4) is 0 Å². The molecule has 4 heterocycles. The Kier molecular flexibility index (Phi) is 7.58. The Bertz CT molecular complexity index is 1900. The van der Waals surface area contributed by atoms with Crippen LogP contribution in [0.2, 0.25) is 0 Å². The van der Waals surface area contributed by atoms with Gasteiger partial charge in [-0.2, -0.15) is 0 Å². The molecule has 0 radical (unpaired) electrons. The first-order valence-corrected chi connectivity index (χ1v) is 15.4. The van der Waals surface area contributed by atoms with Crippen LogP contribution in [-0.2, 0) is 4.74 Å². The topological polar surface area (TPSA) is 96.7 Å². The van der Waals surface area contributed by atoms with Crippen LogP contribution in [-0.4, -0.2) is 51.6 Å². The first-order chi connectivity index (χ1) is 21.1. The molecule has 214 valence electrons. The van der Waals surface area contributed by atoms with Crippen LogP contribution in [0.15, 0.2) is 101 Å². The van der Waals surface area contributed by atoms with Crippen LogP contribution in [0.25, 0.3) is 27.6 Å². The molecule has 0 unspecified atom stereocenters. The Balaban J connectivity index is 1.19. The van der Waals surface area contributed by atoms with E-state index in [1.165, 1.54) is 17.0 Å². The number of carbonyl (C=O) groups excluding carboxylic acids is 1. The molecule has 1 saturated heterocycles. The lowest BCUT2D eigenvalue weighted by Crippen LogP contribution is -2.36. The van der Waals surface area contributed by atoms with Gasteiger partial charge in [0.05, 0.1) is 28.4 Å². The van der Waals surface area contributed by atoms with E-state index in [-0.39, 0.29) is 5.91 Å². The van der Waals surface area contributed by atoms with Gasteiger partial charge in [0.1, 0.15) is 5.69 Å². The molecule has 43 heavy (non-hydrogen) atoms. The highest BCUT2D eigenvalue weighted by Crippen LogP contribution is 2.37. The molecule has 1 aliphatic heterocycles. The molecular formula is C32H26BrN7O2S. The average molecular weight is 653 g/mol. The van der Waals surface area contributed by atoms with Crippen molar-refractivity contribution in [3.8, 4) is 22.6 Å². The number of benzene rings is 3. The molecule has 1 aliphatic rings. The van der Waals surface area contributed by atoms with E-state index in [9.17, 15) is 4.79 Å². The van der Waals surface area contributed by atoms with E-state index >= 15 is 0 Å². The quantitative estimate of drug-likeness (QED) is 0.190. The van der Waals surface area contributed by atoms with Gasteiger partial charge in [0.2, 0.25) is 5.95 Å². The molecule has 1 fully saturated rings. The molecule has 0 atom stereocenters. The summed E-state index contributed by atoms with van der Waals surface area (Å²) >= 11 is 5.14. The van der Waals surface area contributed by atoms with Gasteiger partial charge in [-0.15, -0.1) is 0 Å². The van der Waals surface area contributed by atoms with Gasteiger partial charge >= 0.3 is 0 Å². The van der Waals surface area contributed by atoms with Crippen LogP contribution in [0.4, 0.5) is 23.0 Å². The van der Waals surface area contributed by atoms with Crippen molar-refractivity contribution in [2.24, 2.45) is 0 Å². The Hall–Kier alpha value is -4.58. The highest BCUT2D eigenvalue weighted by Gasteiger charge is 2.20. The molecule has 3 aromatic carbocycles. The molecule has 0 spiro atoms. The lowest BCUT2D eigenvalue weighted by molar-refractivity contribution is 0.102. The summed E-state index contributed by atoms with van der Waals surface area (Å²) in [5, 5.41) is 6.35. The number of rotatable bonds is 7. The van der Waals surface area contributed by atoms with Crippen molar-refractivity contribution in [2.75, 3.05) is 41.8 Å². The SMILES string of the molecule is O=C(Nc1cccc(-c2nc3sc(Br)cn3c2-c2ccnc(Nc3ccc(N4CCOCC4)cc3)n2)c1)c1ccccc1. The lowest BCUT2D eigenvalue weighted by atomic mass is 10.1. The number of hydrogen-bond acceptors (Lipinski definition) is 8. The maximum Gasteiger partial charge on any atom is 0.255 e. The monoisotopic (exact) mass is 651 g/mol. The fraction of sp³-hybridized carbons (Fsp3) is 0.125. The minimum absolute atomic E-state index is 0.169. The molecule has 0 aliphatic carbocycles. The van der Waals surface area contributed by atoms with Crippen molar-refractivity contribution >= 4 is 61.1 Å². The van der Waals surface area contributed by atoms with Crippen LogP contribution < -0.4 is 15.5 Å². The standard InChI is InChI=1S/C32H26BrN7O2S/c33-27-20-40-29(26-13-14-34-31(37-26)36-23-9-11-25(12-10-23)39-15-17-42-18-16-39)28(38-32(40)43-27)22-7-4-8-24(19-22)35-30(41)21-5-2-1-3-6-21/h1-14,19-20H,15-18H2,(H,35,41)(H,34,36,37). The zero-order valence-corrected chi connectivity index (χ0v) is 25.3. The van der Waals surface area contributed by atoms with Crippen LogP contribution >= 0.6 is 27.3 Å². The Morgan fingerprint density at radius 2 is 1.72 bits per heavy atom. The minimum atomic E-state index is -0.169. The highest BCUT2D eigenvalue weighted by molar-refractivity contribution is 9.11. The molecular weight excluding hydrogens is 626 g/mol. The van der Waals surface area contributed by atoms with Gasteiger partial charge in [0, 0.05) is 53.7 Å². The molecule has 0 bridgehead atoms. The number of nitrogens with zero attached hydrogens (tertiary/aromatic N) is 5. The smallest absolute Gasteiger partial charge is 0.255 e.